The zero-order chi connectivity index (χ0) is 55.7. The van der Waals surface area contributed by atoms with E-state index < -0.39 is 6.10 Å². The van der Waals surface area contributed by atoms with Crippen molar-refractivity contribution in [2.75, 3.05) is 13.2 Å². The van der Waals surface area contributed by atoms with Crippen molar-refractivity contribution in [2.45, 2.75) is 386 Å². The topological polar surface area (TPSA) is 78.9 Å². The standard InChI is InChI=1S/C71H132O6/c1-4-7-10-13-16-19-22-24-26-27-28-29-30-31-32-33-34-35-36-37-38-39-40-41-42-43-45-46-49-52-55-58-61-64-70(73)76-67-68(66-75-69(72)63-60-57-54-51-48-21-18-15-12-9-6-3)77-71(74)65-62-59-56-53-50-47-44-25-23-20-17-14-11-8-5-2/h22,24,27-28,30-31,68H,4-21,23,25-26,29,32-67H2,1-3H3/b24-22-,28-27-,31-30-. The second kappa shape index (κ2) is 66.1. The van der Waals surface area contributed by atoms with E-state index in [2.05, 4.69) is 57.2 Å². The SMILES string of the molecule is CCCCCCC/C=C\C/C=C\C/C=C\CCCCCCCCCCCCCCCCCCCCC(=O)OCC(COC(=O)CCCCCCCCCCCCC)OC(=O)CCCCCCCCCCCCCCCCC. The van der Waals surface area contributed by atoms with Crippen molar-refractivity contribution in [2.24, 2.45) is 0 Å². The predicted molar refractivity (Wildman–Crippen MR) is 335 cm³/mol. The molecule has 0 aromatic carbocycles. The van der Waals surface area contributed by atoms with E-state index in [1.807, 2.05) is 0 Å². The molecule has 0 N–H and O–H groups in total. The molecular weight excluding hydrogens is 949 g/mol. The molecule has 0 radical (unpaired) electrons. The average molecular weight is 1080 g/mol. The second-order valence-corrected chi connectivity index (χ2v) is 23.5. The van der Waals surface area contributed by atoms with Gasteiger partial charge in [0.25, 0.3) is 0 Å². The fraction of sp³-hybridized carbons (Fsp3) is 0.873. The van der Waals surface area contributed by atoms with Crippen LogP contribution in [-0.2, 0) is 28.6 Å². The molecule has 0 rings (SSSR count). The van der Waals surface area contributed by atoms with Crippen LogP contribution in [0.25, 0.3) is 0 Å². The third kappa shape index (κ3) is 64.3. The highest BCUT2D eigenvalue weighted by atomic mass is 16.6. The Morgan fingerprint density at radius 3 is 0.727 bits per heavy atom. The number of allylic oxidation sites excluding steroid dienone is 6. The maximum Gasteiger partial charge on any atom is 0.306 e. The summed E-state index contributed by atoms with van der Waals surface area (Å²) in [4.78, 5) is 38.2. The number of hydrogen-bond acceptors (Lipinski definition) is 6. The summed E-state index contributed by atoms with van der Waals surface area (Å²) >= 11 is 0. The van der Waals surface area contributed by atoms with Gasteiger partial charge in [0, 0.05) is 19.3 Å². The molecule has 0 aliphatic carbocycles. The third-order valence-electron chi connectivity index (χ3n) is 15.6. The number of unbranched alkanes of at least 4 members (excludes halogenated alkanes) is 47. The molecule has 1 atom stereocenters. The number of hydrogen-bond donors (Lipinski definition) is 0. The van der Waals surface area contributed by atoms with Gasteiger partial charge < -0.3 is 14.2 Å². The lowest BCUT2D eigenvalue weighted by molar-refractivity contribution is -0.167. The van der Waals surface area contributed by atoms with Gasteiger partial charge in [0.15, 0.2) is 6.10 Å². The molecular formula is C71H132O6. The van der Waals surface area contributed by atoms with E-state index in [-0.39, 0.29) is 31.1 Å². The summed E-state index contributed by atoms with van der Waals surface area (Å²) in [5, 5.41) is 0. The molecule has 0 spiro atoms. The molecule has 0 saturated carbocycles. The molecule has 0 fully saturated rings. The predicted octanol–water partition coefficient (Wildman–Crippen LogP) is 23.6. The smallest absolute Gasteiger partial charge is 0.306 e. The molecule has 1 unspecified atom stereocenters. The van der Waals surface area contributed by atoms with E-state index in [1.54, 1.807) is 0 Å². The molecule has 0 aliphatic heterocycles. The summed E-state index contributed by atoms with van der Waals surface area (Å²) in [5.41, 5.74) is 0. The Morgan fingerprint density at radius 1 is 0.260 bits per heavy atom. The van der Waals surface area contributed by atoms with Crippen molar-refractivity contribution in [1.29, 1.82) is 0 Å². The fourth-order valence-corrected chi connectivity index (χ4v) is 10.5. The van der Waals surface area contributed by atoms with E-state index in [0.29, 0.717) is 19.3 Å². The molecule has 0 heterocycles. The second-order valence-electron chi connectivity index (χ2n) is 23.5. The van der Waals surface area contributed by atoms with Crippen molar-refractivity contribution in [3.8, 4) is 0 Å². The first-order valence-corrected chi connectivity index (χ1v) is 34.5. The lowest BCUT2D eigenvalue weighted by Gasteiger charge is -2.18. The van der Waals surface area contributed by atoms with Crippen LogP contribution in [0.4, 0.5) is 0 Å². The zero-order valence-corrected chi connectivity index (χ0v) is 52.0. The number of ether oxygens (including phenoxy) is 3. The largest absolute Gasteiger partial charge is 0.462 e. The summed E-state index contributed by atoms with van der Waals surface area (Å²) < 4.78 is 16.9. The van der Waals surface area contributed by atoms with Crippen LogP contribution in [0.1, 0.15) is 380 Å². The average Bonchev–Trinajstić information content (AvgIpc) is 3.43. The first-order chi connectivity index (χ1) is 38.0. The highest BCUT2D eigenvalue weighted by Gasteiger charge is 2.19. The van der Waals surface area contributed by atoms with Gasteiger partial charge in [0.1, 0.15) is 13.2 Å². The van der Waals surface area contributed by atoms with Crippen LogP contribution in [0.2, 0.25) is 0 Å². The highest BCUT2D eigenvalue weighted by Crippen LogP contribution is 2.18. The normalized spacial score (nSPS) is 12.2. The summed E-state index contributed by atoms with van der Waals surface area (Å²) in [6.45, 7) is 6.68. The van der Waals surface area contributed by atoms with Crippen LogP contribution in [0.5, 0.6) is 0 Å². The maximum absolute atomic E-state index is 12.9. The van der Waals surface area contributed by atoms with Gasteiger partial charge in [-0.15, -0.1) is 0 Å². The Hall–Kier alpha value is -2.37. The minimum Gasteiger partial charge on any atom is -0.462 e. The van der Waals surface area contributed by atoms with Crippen molar-refractivity contribution < 1.29 is 28.6 Å². The lowest BCUT2D eigenvalue weighted by atomic mass is 10.0. The lowest BCUT2D eigenvalue weighted by Crippen LogP contribution is -2.30. The Balaban J connectivity index is 4.06. The quantitative estimate of drug-likeness (QED) is 0.0261. The van der Waals surface area contributed by atoms with Gasteiger partial charge in [-0.1, -0.05) is 340 Å². The van der Waals surface area contributed by atoms with E-state index in [0.717, 1.165) is 70.6 Å². The summed E-state index contributed by atoms with van der Waals surface area (Å²) in [5.74, 6) is -0.838. The van der Waals surface area contributed by atoms with Crippen molar-refractivity contribution in [3.05, 3.63) is 36.5 Å². The molecule has 0 aliphatic rings. The van der Waals surface area contributed by atoms with Crippen LogP contribution in [0.3, 0.4) is 0 Å². The molecule has 0 aromatic heterocycles. The minimum absolute atomic E-state index is 0.0646. The van der Waals surface area contributed by atoms with Crippen LogP contribution in [0, 0.1) is 0 Å². The first-order valence-electron chi connectivity index (χ1n) is 34.5. The van der Waals surface area contributed by atoms with Crippen LogP contribution < -0.4 is 0 Å². The van der Waals surface area contributed by atoms with Crippen LogP contribution in [0.15, 0.2) is 36.5 Å². The van der Waals surface area contributed by atoms with Crippen LogP contribution in [-0.4, -0.2) is 37.2 Å². The molecule has 0 amide bonds. The Kier molecular flexibility index (Phi) is 64.1. The van der Waals surface area contributed by atoms with E-state index in [9.17, 15) is 14.4 Å². The van der Waals surface area contributed by atoms with Gasteiger partial charge in [0.2, 0.25) is 0 Å². The summed E-state index contributed by atoms with van der Waals surface area (Å²) in [7, 11) is 0. The van der Waals surface area contributed by atoms with Crippen molar-refractivity contribution in [3.63, 3.8) is 0 Å². The van der Waals surface area contributed by atoms with Gasteiger partial charge in [0.05, 0.1) is 0 Å². The molecule has 6 heteroatoms. The van der Waals surface area contributed by atoms with Gasteiger partial charge >= 0.3 is 17.9 Å². The number of carbonyl (C=O) groups is 3. The minimum atomic E-state index is -0.766. The molecule has 0 aromatic rings. The zero-order valence-electron chi connectivity index (χ0n) is 52.0. The van der Waals surface area contributed by atoms with E-state index in [4.69, 9.17) is 14.2 Å². The third-order valence-corrected chi connectivity index (χ3v) is 15.6. The van der Waals surface area contributed by atoms with Crippen LogP contribution >= 0.6 is 0 Å². The Bertz CT molecular complexity index is 1290. The van der Waals surface area contributed by atoms with Crippen molar-refractivity contribution >= 4 is 17.9 Å². The Labute approximate surface area is 480 Å². The number of rotatable bonds is 64. The van der Waals surface area contributed by atoms with Crippen molar-refractivity contribution in [1.82, 2.24) is 0 Å². The molecule has 0 bridgehead atoms. The molecule has 452 valence electrons. The summed E-state index contributed by atoms with van der Waals surface area (Å²) in [6.07, 6.45) is 81.8. The Morgan fingerprint density at radius 2 is 0.468 bits per heavy atom. The summed E-state index contributed by atoms with van der Waals surface area (Å²) in [6, 6.07) is 0. The molecule has 77 heavy (non-hydrogen) atoms. The highest BCUT2D eigenvalue weighted by molar-refractivity contribution is 5.71. The molecule has 6 nitrogen and oxygen atoms in total. The van der Waals surface area contributed by atoms with Gasteiger partial charge in [-0.05, 0) is 57.8 Å². The maximum atomic E-state index is 12.9. The molecule has 0 saturated heterocycles. The fourth-order valence-electron chi connectivity index (χ4n) is 10.5. The van der Waals surface area contributed by atoms with Gasteiger partial charge in [-0.2, -0.15) is 0 Å². The van der Waals surface area contributed by atoms with E-state index >= 15 is 0 Å². The number of carbonyl (C=O) groups excluding carboxylic acids is 3. The first kappa shape index (κ1) is 74.6. The van der Waals surface area contributed by atoms with Gasteiger partial charge in [-0.3, -0.25) is 14.4 Å². The number of esters is 3. The monoisotopic (exact) mass is 1080 g/mol. The van der Waals surface area contributed by atoms with E-state index in [1.165, 1.54) is 270 Å². The van der Waals surface area contributed by atoms with Gasteiger partial charge in [-0.25, -0.2) is 0 Å².